The first-order chi connectivity index (χ1) is 15.3. The molecule has 0 spiro atoms. The molecule has 0 saturated carbocycles. The molecule has 0 radical (unpaired) electrons. The molecule has 32 heavy (non-hydrogen) atoms. The minimum Gasteiger partial charge on any atom is -0.386 e. The molecule has 0 bridgehead atoms. The maximum absolute atomic E-state index is 13.9. The Labute approximate surface area is 186 Å². The fourth-order valence-electron chi connectivity index (χ4n) is 4.21. The molecule has 6 nitrogen and oxygen atoms in total. The smallest absolute Gasteiger partial charge is 0.326 e. The highest BCUT2D eigenvalue weighted by Gasteiger charge is 2.36. The van der Waals surface area contributed by atoms with Crippen LogP contribution in [0.5, 0.6) is 0 Å². The van der Waals surface area contributed by atoms with Gasteiger partial charge in [0.2, 0.25) is 0 Å². The summed E-state index contributed by atoms with van der Waals surface area (Å²) < 4.78 is 27.7. The van der Waals surface area contributed by atoms with Crippen molar-refractivity contribution >= 4 is 34.9 Å². The van der Waals surface area contributed by atoms with Crippen molar-refractivity contribution in [3.8, 4) is 0 Å². The second-order valence-corrected chi connectivity index (χ2v) is 8.01. The van der Waals surface area contributed by atoms with E-state index in [1.165, 1.54) is 41.3 Å². The van der Waals surface area contributed by atoms with E-state index in [1.54, 1.807) is 18.2 Å². The van der Waals surface area contributed by atoms with Crippen LogP contribution < -0.4 is 15.5 Å². The first kappa shape index (κ1) is 20.4. The number of hydrogen-bond acceptors (Lipinski definition) is 3. The highest BCUT2D eigenvalue weighted by molar-refractivity contribution is 6.31. The van der Waals surface area contributed by atoms with Crippen molar-refractivity contribution < 1.29 is 23.5 Å². The minimum absolute atomic E-state index is 0.0457. The van der Waals surface area contributed by atoms with Crippen molar-refractivity contribution in [1.82, 2.24) is 5.32 Å². The Kier molecular flexibility index (Phi) is 4.83. The van der Waals surface area contributed by atoms with Crippen molar-refractivity contribution in [2.24, 2.45) is 0 Å². The molecule has 9 heteroatoms. The van der Waals surface area contributed by atoms with E-state index < -0.39 is 29.8 Å². The number of aliphatic hydroxyl groups excluding tert-OH is 1. The first-order valence-corrected chi connectivity index (χ1v) is 10.2. The predicted octanol–water partition coefficient (Wildman–Crippen LogP) is 4.54. The van der Waals surface area contributed by atoms with Crippen LogP contribution in [0.1, 0.15) is 39.2 Å². The summed E-state index contributed by atoms with van der Waals surface area (Å²) in [5.41, 5.74) is 2.14. The van der Waals surface area contributed by atoms with Gasteiger partial charge < -0.3 is 15.7 Å². The van der Waals surface area contributed by atoms with E-state index in [4.69, 9.17) is 11.6 Å². The summed E-state index contributed by atoms with van der Waals surface area (Å²) in [5, 5.41) is 16.0. The van der Waals surface area contributed by atoms with Gasteiger partial charge in [0.1, 0.15) is 11.6 Å². The number of nitrogens with one attached hydrogen (secondary N) is 2. The summed E-state index contributed by atoms with van der Waals surface area (Å²) in [4.78, 5) is 26.8. The normalized spacial score (nSPS) is 18.9. The van der Waals surface area contributed by atoms with Crippen molar-refractivity contribution in [2.75, 3.05) is 16.8 Å². The number of carbonyl (C=O) groups is 2. The molecule has 0 aliphatic carbocycles. The summed E-state index contributed by atoms with van der Waals surface area (Å²) in [6.45, 7) is -0.0457. The van der Waals surface area contributed by atoms with Crippen molar-refractivity contribution in [3.05, 3.63) is 93.5 Å². The van der Waals surface area contributed by atoms with Gasteiger partial charge >= 0.3 is 6.03 Å². The van der Waals surface area contributed by atoms with Crippen LogP contribution in [-0.4, -0.2) is 23.6 Å². The average molecular weight is 456 g/mol. The SMILES string of the molecule is O=C1N[C@@H](c2cc(F)ccc2Cl)c2c(NC(=O)N3C[C@@H](O)c4ccc(F)cc43)cccc21. The number of benzene rings is 3. The Balaban J connectivity index is 1.52. The maximum atomic E-state index is 13.9. The van der Waals surface area contributed by atoms with Crippen LogP contribution >= 0.6 is 11.6 Å². The Hall–Kier alpha value is -3.49. The molecule has 162 valence electrons. The number of carbonyl (C=O) groups excluding carboxylic acids is 2. The van der Waals surface area contributed by atoms with E-state index in [-0.39, 0.29) is 23.2 Å². The van der Waals surface area contributed by atoms with Gasteiger partial charge in [0.05, 0.1) is 24.4 Å². The van der Waals surface area contributed by atoms with Crippen LogP contribution in [0, 0.1) is 11.6 Å². The highest BCUT2D eigenvalue weighted by atomic mass is 35.5. The van der Waals surface area contributed by atoms with Gasteiger partial charge in [0.25, 0.3) is 5.91 Å². The van der Waals surface area contributed by atoms with Gasteiger partial charge in [-0.2, -0.15) is 0 Å². The molecule has 3 aromatic carbocycles. The number of amides is 3. The van der Waals surface area contributed by atoms with Gasteiger partial charge in [-0.15, -0.1) is 0 Å². The number of β-amino-alcohol motifs (C(OH)–C–C–N with tert-alkyl or cyclic N) is 1. The van der Waals surface area contributed by atoms with E-state index in [0.717, 1.165) is 0 Å². The van der Waals surface area contributed by atoms with Crippen LogP contribution in [0.3, 0.4) is 0 Å². The maximum Gasteiger partial charge on any atom is 0.326 e. The molecule has 3 N–H and O–H groups in total. The number of urea groups is 1. The molecule has 2 aliphatic heterocycles. The Morgan fingerprint density at radius 3 is 2.66 bits per heavy atom. The zero-order valence-electron chi connectivity index (χ0n) is 16.4. The topological polar surface area (TPSA) is 81.7 Å². The summed E-state index contributed by atoms with van der Waals surface area (Å²) in [6, 6.07) is 11.1. The van der Waals surface area contributed by atoms with Crippen LogP contribution in [0.25, 0.3) is 0 Å². The molecule has 2 atom stereocenters. The summed E-state index contributed by atoms with van der Waals surface area (Å²) in [6.07, 6.45) is -0.945. The molecule has 0 unspecified atom stereocenters. The summed E-state index contributed by atoms with van der Waals surface area (Å²) in [7, 11) is 0. The van der Waals surface area contributed by atoms with Crippen molar-refractivity contribution in [1.29, 1.82) is 0 Å². The fraction of sp³-hybridized carbons (Fsp3) is 0.130. The largest absolute Gasteiger partial charge is 0.386 e. The summed E-state index contributed by atoms with van der Waals surface area (Å²) in [5.74, 6) is -1.43. The number of halogens is 3. The number of anilines is 2. The molecular formula is C23H16ClF2N3O3. The van der Waals surface area contributed by atoms with Crippen molar-refractivity contribution in [3.63, 3.8) is 0 Å². The molecular weight excluding hydrogens is 440 g/mol. The lowest BCUT2D eigenvalue weighted by atomic mass is 9.96. The van der Waals surface area contributed by atoms with Crippen LogP contribution in [-0.2, 0) is 0 Å². The molecule has 3 aromatic rings. The van der Waals surface area contributed by atoms with E-state index in [9.17, 15) is 23.5 Å². The first-order valence-electron chi connectivity index (χ1n) is 9.78. The average Bonchev–Trinajstić information content (AvgIpc) is 3.27. The lowest BCUT2D eigenvalue weighted by molar-refractivity contribution is 0.0960. The molecule has 0 fully saturated rings. The zero-order chi connectivity index (χ0) is 22.6. The second-order valence-electron chi connectivity index (χ2n) is 7.60. The van der Waals surface area contributed by atoms with Gasteiger partial charge in [0, 0.05) is 33.0 Å². The molecule has 0 saturated heterocycles. The Morgan fingerprint density at radius 2 is 1.84 bits per heavy atom. The number of rotatable bonds is 2. The number of fused-ring (bicyclic) bond motifs is 2. The number of hydrogen-bond donors (Lipinski definition) is 3. The number of aliphatic hydroxyl groups is 1. The minimum atomic E-state index is -0.945. The van der Waals surface area contributed by atoms with Gasteiger partial charge in [-0.3, -0.25) is 9.69 Å². The van der Waals surface area contributed by atoms with Gasteiger partial charge in [-0.25, -0.2) is 13.6 Å². The molecule has 5 rings (SSSR count). The van der Waals surface area contributed by atoms with Gasteiger partial charge in [0.15, 0.2) is 0 Å². The van der Waals surface area contributed by atoms with E-state index in [2.05, 4.69) is 10.6 Å². The van der Waals surface area contributed by atoms with Gasteiger partial charge in [-0.1, -0.05) is 23.7 Å². The Morgan fingerprint density at radius 1 is 1.09 bits per heavy atom. The molecule has 0 aromatic heterocycles. The molecule has 2 aliphatic rings. The third-order valence-corrected chi connectivity index (χ3v) is 6.01. The fourth-order valence-corrected chi connectivity index (χ4v) is 4.44. The van der Waals surface area contributed by atoms with E-state index in [1.807, 2.05) is 0 Å². The Bertz CT molecular complexity index is 1280. The van der Waals surface area contributed by atoms with Gasteiger partial charge in [-0.05, 0) is 42.5 Å². The zero-order valence-corrected chi connectivity index (χ0v) is 17.2. The molecule has 3 amide bonds. The van der Waals surface area contributed by atoms with Crippen LogP contribution in [0.15, 0.2) is 54.6 Å². The lowest BCUT2D eigenvalue weighted by Crippen LogP contribution is -2.34. The third kappa shape index (κ3) is 3.28. The predicted molar refractivity (Wildman–Crippen MR) is 115 cm³/mol. The van der Waals surface area contributed by atoms with E-state index in [0.29, 0.717) is 27.9 Å². The van der Waals surface area contributed by atoms with Crippen LogP contribution in [0.2, 0.25) is 5.02 Å². The van der Waals surface area contributed by atoms with E-state index >= 15 is 0 Å². The third-order valence-electron chi connectivity index (χ3n) is 5.67. The standard InChI is InChI=1S/C23H16ClF2N3O3/c24-16-7-5-11(25)8-15(16)21-20-14(22(31)28-21)2-1-3-17(20)27-23(32)29-10-19(30)13-6-4-12(26)9-18(13)29/h1-9,19,21,30H,10H2,(H,27,32)(H,28,31)/t19-,21+/m1/s1. The van der Waals surface area contributed by atoms with Crippen molar-refractivity contribution in [2.45, 2.75) is 12.1 Å². The van der Waals surface area contributed by atoms with Crippen LogP contribution in [0.4, 0.5) is 25.0 Å². The quantitative estimate of drug-likeness (QED) is 0.530. The summed E-state index contributed by atoms with van der Waals surface area (Å²) >= 11 is 6.26. The number of nitrogens with zero attached hydrogens (tertiary/aromatic N) is 1. The molecule has 2 heterocycles. The second kappa shape index (κ2) is 7.58. The highest BCUT2D eigenvalue weighted by Crippen LogP contribution is 2.40. The monoisotopic (exact) mass is 455 g/mol. The lowest BCUT2D eigenvalue weighted by Gasteiger charge is -2.21.